The van der Waals surface area contributed by atoms with E-state index in [1.807, 2.05) is 0 Å². The van der Waals surface area contributed by atoms with Gasteiger partial charge in [-0.15, -0.1) is 0 Å². The summed E-state index contributed by atoms with van der Waals surface area (Å²) in [5.41, 5.74) is 6.29. The maximum absolute atomic E-state index is 11.9. The van der Waals surface area contributed by atoms with Crippen molar-refractivity contribution in [1.82, 2.24) is 0 Å². The van der Waals surface area contributed by atoms with Gasteiger partial charge in [0.2, 0.25) is 0 Å². The average molecular weight is 349 g/mol. The van der Waals surface area contributed by atoms with Gasteiger partial charge < -0.3 is 9.92 Å². The zero-order valence-electron chi connectivity index (χ0n) is 12.7. The van der Waals surface area contributed by atoms with Crippen LogP contribution in [0.2, 0.25) is 0 Å². The Bertz CT molecular complexity index is 878. The monoisotopic (exact) mass is 349 g/mol. The number of nitrogens with zero attached hydrogens (tertiary/aromatic N) is 1. The Kier molecular flexibility index (Phi) is 4.86. The van der Waals surface area contributed by atoms with E-state index in [2.05, 4.69) is 0 Å². The Morgan fingerprint density at radius 3 is 2.12 bits per heavy atom. The Morgan fingerprint density at radius 2 is 1.62 bits per heavy atom. The van der Waals surface area contributed by atoms with Crippen LogP contribution in [0.15, 0.2) is 48.5 Å². The first-order chi connectivity index (χ1) is 11.2. The SMILES string of the molecule is CC(=O)c1ccc(N(C(N)=O)c2ccccc2OS(N)(=O)=O)cc1. The number of urea groups is 1. The van der Waals surface area contributed by atoms with Gasteiger partial charge in [0, 0.05) is 5.56 Å². The van der Waals surface area contributed by atoms with Crippen LogP contribution in [0.4, 0.5) is 16.2 Å². The fourth-order valence-corrected chi connectivity index (χ4v) is 2.46. The normalized spacial score (nSPS) is 10.9. The molecule has 0 aliphatic heterocycles. The van der Waals surface area contributed by atoms with Gasteiger partial charge >= 0.3 is 16.3 Å². The number of amides is 2. The Morgan fingerprint density at radius 1 is 1.04 bits per heavy atom. The number of benzene rings is 2. The molecule has 0 radical (unpaired) electrons. The first kappa shape index (κ1) is 17.4. The summed E-state index contributed by atoms with van der Waals surface area (Å²) in [4.78, 5) is 24.3. The van der Waals surface area contributed by atoms with Crippen LogP contribution in [-0.2, 0) is 10.3 Å². The highest BCUT2D eigenvalue weighted by molar-refractivity contribution is 7.84. The summed E-state index contributed by atoms with van der Waals surface area (Å²) >= 11 is 0. The number of ketones is 1. The zero-order valence-corrected chi connectivity index (χ0v) is 13.5. The minimum Gasteiger partial charge on any atom is -0.369 e. The number of nitrogens with two attached hydrogens (primary N) is 2. The van der Waals surface area contributed by atoms with Crippen LogP contribution in [0.25, 0.3) is 0 Å². The standard InChI is InChI=1S/C15H15N3O5S/c1-10(19)11-6-8-12(9-7-11)18(15(16)20)13-4-2-3-5-14(13)23-24(17,21)22/h2-9H,1H3,(H2,16,20)(H2,17,21,22). The first-order valence-electron chi connectivity index (χ1n) is 6.71. The van der Waals surface area contributed by atoms with Crippen molar-refractivity contribution in [2.45, 2.75) is 6.92 Å². The van der Waals surface area contributed by atoms with Crippen molar-refractivity contribution >= 4 is 33.5 Å². The molecule has 0 atom stereocenters. The predicted molar refractivity (Wildman–Crippen MR) is 88.3 cm³/mol. The van der Waals surface area contributed by atoms with Crippen molar-refractivity contribution in [3.63, 3.8) is 0 Å². The van der Waals surface area contributed by atoms with Gasteiger partial charge in [0.15, 0.2) is 11.5 Å². The van der Waals surface area contributed by atoms with Crippen molar-refractivity contribution in [3.05, 3.63) is 54.1 Å². The predicted octanol–water partition coefficient (Wildman–Crippen LogP) is 1.69. The first-order valence-corrected chi connectivity index (χ1v) is 8.18. The van der Waals surface area contributed by atoms with E-state index in [1.165, 1.54) is 49.4 Å². The lowest BCUT2D eigenvalue weighted by molar-refractivity contribution is 0.101. The number of para-hydroxylation sites is 2. The summed E-state index contributed by atoms with van der Waals surface area (Å²) in [5, 5.41) is 4.88. The van der Waals surface area contributed by atoms with Crippen LogP contribution in [0.5, 0.6) is 5.75 Å². The van der Waals surface area contributed by atoms with Gasteiger partial charge in [0.1, 0.15) is 0 Å². The van der Waals surface area contributed by atoms with Gasteiger partial charge in [-0.3, -0.25) is 9.69 Å². The van der Waals surface area contributed by atoms with Crippen molar-refractivity contribution in [1.29, 1.82) is 0 Å². The minimum atomic E-state index is -4.28. The highest BCUT2D eigenvalue weighted by atomic mass is 32.2. The molecule has 8 nitrogen and oxygen atoms in total. The van der Waals surface area contributed by atoms with E-state index >= 15 is 0 Å². The summed E-state index contributed by atoms with van der Waals surface area (Å²) < 4.78 is 27.1. The summed E-state index contributed by atoms with van der Waals surface area (Å²) in [7, 11) is -4.28. The number of anilines is 2. The smallest absolute Gasteiger partial charge is 0.369 e. The van der Waals surface area contributed by atoms with Crippen LogP contribution >= 0.6 is 0 Å². The molecular weight excluding hydrogens is 334 g/mol. The largest absolute Gasteiger partial charge is 0.380 e. The van der Waals surface area contributed by atoms with Gasteiger partial charge in [-0.2, -0.15) is 13.6 Å². The lowest BCUT2D eigenvalue weighted by Crippen LogP contribution is -2.32. The van der Waals surface area contributed by atoms with Crippen LogP contribution in [0.3, 0.4) is 0 Å². The molecule has 2 aromatic carbocycles. The van der Waals surface area contributed by atoms with Crippen molar-refractivity contribution in [2.24, 2.45) is 10.9 Å². The Hall–Kier alpha value is -2.91. The second-order valence-electron chi connectivity index (χ2n) is 4.82. The molecule has 2 rings (SSSR count). The molecule has 9 heteroatoms. The third-order valence-electron chi connectivity index (χ3n) is 3.06. The molecule has 0 fully saturated rings. The van der Waals surface area contributed by atoms with Gasteiger partial charge in [-0.25, -0.2) is 4.79 Å². The molecule has 0 unspecified atom stereocenters. The van der Waals surface area contributed by atoms with Crippen molar-refractivity contribution in [2.75, 3.05) is 4.90 Å². The molecule has 0 heterocycles. The molecule has 0 aromatic heterocycles. The molecular formula is C15H15N3O5S. The van der Waals surface area contributed by atoms with E-state index in [0.717, 1.165) is 4.90 Å². The van der Waals surface area contributed by atoms with Crippen molar-refractivity contribution < 1.29 is 22.2 Å². The van der Waals surface area contributed by atoms with Crippen LogP contribution in [0.1, 0.15) is 17.3 Å². The van der Waals surface area contributed by atoms with E-state index in [4.69, 9.17) is 15.1 Å². The molecule has 4 N–H and O–H groups in total. The van der Waals surface area contributed by atoms with Gasteiger partial charge in [0.25, 0.3) is 0 Å². The van der Waals surface area contributed by atoms with Crippen LogP contribution < -0.4 is 20.0 Å². The minimum absolute atomic E-state index is 0.0922. The lowest BCUT2D eigenvalue weighted by atomic mass is 10.1. The topological polar surface area (TPSA) is 133 Å². The molecule has 0 spiro atoms. The second kappa shape index (κ2) is 6.69. The number of primary amides is 1. The summed E-state index contributed by atoms with van der Waals surface area (Å²) in [6, 6.07) is 11.1. The maximum Gasteiger partial charge on any atom is 0.380 e. The highest BCUT2D eigenvalue weighted by Crippen LogP contribution is 2.34. The lowest BCUT2D eigenvalue weighted by Gasteiger charge is -2.22. The summed E-state index contributed by atoms with van der Waals surface area (Å²) in [6.45, 7) is 1.41. The fraction of sp³-hybridized carbons (Fsp3) is 0.0667. The molecule has 2 aromatic rings. The molecule has 24 heavy (non-hydrogen) atoms. The summed E-state index contributed by atoms with van der Waals surface area (Å²) in [6.07, 6.45) is 0. The third-order valence-corrected chi connectivity index (χ3v) is 3.48. The van der Waals surface area contributed by atoms with E-state index < -0.39 is 16.3 Å². The van der Waals surface area contributed by atoms with Gasteiger partial charge in [0.05, 0.1) is 11.4 Å². The fourth-order valence-electron chi connectivity index (χ4n) is 2.07. The molecule has 0 saturated carbocycles. The number of rotatable bonds is 5. The van der Waals surface area contributed by atoms with E-state index in [9.17, 15) is 18.0 Å². The number of hydrogen-bond acceptors (Lipinski definition) is 5. The van der Waals surface area contributed by atoms with Gasteiger partial charge in [-0.1, -0.05) is 12.1 Å². The Balaban J connectivity index is 2.53. The molecule has 2 amide bonds. The van der Waals surface area contributed by atoms with Gasteiger partial charge in [-0.05, 0) is 43.3 Å². The average Bonchev–Trinajstić information content (AvgIpc) is 2.48. The molecule has 0 bridgehead atoms. The third kappa shape index (κ3) is 4.09. The van der Waals surface area contributed by atoms with E-state index in [0.29, 0.717) is 11.3 Å². The van der Waals surface area contributed by atoms with Crippen LogP contribution in [-0.4, -0.2) is 20.2 Å². The van der Waals surface area contributed by atoms with E-state index in [1.54, 1.807) is 6.07 Å². The Labute approximate surface area is 138 Å². The quantitative estimate of drug-likeness (QED) is 0.792. The second-order valence-corrected chi connectivity index (χ2v) is 5.97. The number of Topliss-reactive ketones (excluding diaryl/α,β-unsaturated/α-hetero) is 1. The number of carbonyl (C=O) groups excluding carboxylic acids is 2. The van der Waals surface area contributed by atoms with Crippen LogP contribution in [0, 0.1) is 0 Å². The highest BCUT2D eigenvalue weighted by Gasteiger charge is 2.21. The van der Waals surface area contributed by atoms with E-state index in [-0.39, 0.29) is 17.2 Å². The molecule has 0 aliphatic rings. The number of carbonyl (C=O) groups is 2. The molecule has 0 aliphatic carbocycles. The molecule has 0 saturated heterocycles. The maximum atomic E-state index is 11.9. The number of hydrogen-bond donors (Lipinski definition) is 2. The molecule has 126 valence electrons. The summed E-state index contributed by atoms with van der Waals surface area (Å²) in [5.74, 6) is -0.292. The zero-order chi connectivity index (χ0) is 17.9. The van der Waals surface area contributed by atoms with Crippen molar-refractivity contribution in [3.8, 4) is 5.75 Å².